The maximum Gasteiger partial charge on any atom is 0.217 e. The van der Waals surface area contributed by atoms with Crippen LogP contribution in [0.4, 0.5) is 0 Å². The number of hydrogen-bond donors (Lipinski definition) is 0. The van der Waals surface area contributed by atoms with Gasteiger partial charge in [-0.05, 0) is 44.4 Å². The van der Waals surface area contributed by atoms with Crippen molar-refractivity contribution in [1.29, 1.82) is 0 Å². The molecule has 1 aromatic rings. The van der Waals surface area contributed by atoms with Crippen LogP contribution in [0.25, 0.3) is 0 Å². The van der Waals surface area contributed by atoms with Crippen LogP contribution in [-0.2, 0) is 16.6 Å². The first kappa shape index (κ1) is 16.7. The lowest BCUT2D eigenvalue weighted by atomic mass is 10.2. The third-order valence-electron chi connectivity index (χ3n) is 4.34. The molecule has 2 heterocycles. The Hall–Kier alpha value is -1.18. The molecule has 7 heteroatoms. The van der Waals surface area contributed by atoms with Crippen LogP contribution in [-0.4, -0.2) is 60.6 Å². The molecule has 128 valence electrons. The van der Waals surface area contributed by atoms with Crippen molar-refractivity contribution in [2.45, 2.75) is 38.0 Å². The zero-order valence-electron chi connectivity index (χ0n) is 13.6. The van der Waals surface area contributed by atoms with Gasteiger partial charge in [-0.15, -0.1) is 0 Å². The summed E-state index contributed by atoms with van der Waals surface area (Å²) in [5.41, 5.74) is 1.11. The molecule has 0 unspecified atom stereocenters. The average Bonchev–Trinajstić information content (AvgIpc) is 3.36. The molecule has 0 radical (unpaired) electrons. The lowest BCUT2D eigenvalue weighted by Gasteiger charge is -2.21. The molecule has 1 aliphatic carbocycles. The van der Waals surface area contributed by atoms with Crippen LogP contribution < -0.4 is 4.74 Å². The van der Waals surface area contributed by atoms with E-state index in [9.17, 15) is 8.42 Å². The predicted octanol–water partition coefficient (Wildman–Crippen LogP) is 1.48. The fourth-order valence-electron chi connectivity index (χ4n) is 2.99. The molecule has 0 atom stereocenters. The van der Waals surface area contributed by atoms with Gasteiger partial charge in [0.05, 0.1) is 18.1 Å². The number of rotatable bonds is 6. The topological polar surface area (TPSA) is 62.7 Å². The Bertz CT molecular complexity index is 631. The van der Waals surface area contributed by atoms with Gasteiger partial charge in [0.15, 0.2) is 0 Å². The van der Waals surface area contributed by atoms with Gasteiger partial charge >= 0.3 is 0 Å². The average molecular weight is 339 g/mol. The van der Waals surface area contributed by atoms with E-state index in [-0.39, 0.29) is 5.25 Å². The second-order valence-electron chi connectivity index (χ2n) is 6.23. The standard InChI is InChI=1S/C16H25N3O3S/c1-2-22-15-10-14(11-17-12-15)13-18-6-3-7-19(9-8-18)23(20,21)16-4-5-16/h10-12,16H,2-9,13H2,1H3. The number of ether oxygens (including phenoxy) is 1. The summed E-state index contributed by atoms with van der Waals surface area (Å²) in [6, 6.07) is 2.01. The van der Waals surface area contributed by atoms with Crippen molar-refractivity contribution in [3.8, 4) is 5.75 Å². The van der Waals surface area contributed by atoms with Crippen LogP contribution in [0.3, 0.4) is 0 Å². The Morgan fingerprint density at radius 3 is 2.78 bits per heavy atom. The molecule has 0 bridgehead atoms. The predicted molar refractivity (Wildman–Crippen MR) is 88.8 cm³/mol. The van der Waals surface area contributed by atoms with Crippen molar-refractivity contribution in [1.82, 2.24) is 14.2 Å². The van der Waals surface area contributed by atoms with E-state index in [0.29, 0.717) is 19.7 Å². The van der Waals surface area contributed by atoms with Crippen molar-refractivity contribution >= 4 is 10.0 Å². The molecular formula is C16H25N3O3S. The lowest BCUT2D eigenvalue weighted by molar-refractivity contribution is 0.277. The Labute approximate surface area is 138 Å². The minimum Gasteiger partial charge on any atom is -0.492 e. The van der Waals surface area contributed by atoms with E-state index in [1.165, 1.54) is 0 Å². The van der Waals surface area contributed by atoms with Crippen LogP contribution in [0, 0.1) is 0 Å². The van der Waals surface area contributed by atoms with Gasteiger partial charge in [0.2, 0.25) is 10.0 Å². The highest BCUT2D eigenvalue weighted by Gasteiger charge is 2.40. The number of pyridine rings is 1. The highest BCUT2D eigenvalue weighted by molar-refractivity contribution is 7.90. The monoisotopic (exact) mass is 339 g/mol. The number of aromatic nitrogens is 1. The van der Waals surface area contributed by atoms with E-state index in [0.717, 1.165) is 50.2 Å². The summed E-state index contributed by atoms with van der Waals surface area (Å²) in [6.45, 7) is 6.29. The Balaban J connectivity index is 1.59. The molecule has 2 aliphatic rings. The third-order valence-corrected chi connectivity index (χ3v) is 6.74. The smallest absolute Gasteiger partial charge is 0.217 e. The molecule has 0 N–H and O–H groups in total. The molecule has 0 spiro atoms. The maximum atomic E-state index is 12.4. The third kappa shape index (κ3) is 4.22. The molecule has 23 heavy (non-hydrogen) atoms. The summed E-state index contributed by atoms with van der Waals surface area (Å²) in [5.74, 6) is 0.790. The first-order valence-electron chi connectivity index (χ1n) is 8.37. The van der Waals surface area contributed by atoms with E-state index < -0.39 is 10.0 Å². The first-order chi connectivity index (χ1) is 11.1. The summed E-state index contributed by atoms with van der Waals surface area (Å²) in [6.07, 6.45) is 6.12. The van der Waals surface area contributed by atoms with Gasteiger partial charge in [-0.1, -0.05) is 0 Å². The second kappa shape index (κ2) is 7.15. The van der Waals surface area contributed by atoms with E-state index in [4.69, 9.17) is 4.74 Å². The minimum atomic E-state index is -3.05. The molecule has 1 aliphatic heterocycles. The van der Waals surface area contributed by atoms with E-state index in [2.05, 4.69) is 9.88 Å². The van der Waals surface area contributed by atoms with E-state index in [1.807, 2.05) is 19.2 Å². The zero-order chi connectivity index (χ0) is 16.3. The van der Waals surface area contributed by atoms with Crippen molar-refractivity contribution in [3.05, 3.63) is 24.0 Å². The Kier molecular flexibility index (Phi) is 5.18. The van der Waals surface area contributed by atoms with Gasteiger partial charge in [0, 0.05) is 32.4 Å². The SMILES string of the molecule is CCOc1cncc(CN2CCCN(S(=O)(=O)C3CC3)CC2)c1. The maximum absolute atomic E-state index is 12.4. The fourth-order valence-corrected chi connectivity index (χ4v) is 4.86. The molecular weight excluding hydrogens is 314 g/mol. The van der Waals surface area contributed by atoms with Gasteiger partial charge < -0.3 is 4.74 Å². The highest BCUT2D eigenvalue weighted by Crippen LogP contribution is 2.31. The van der Waals surface area contributed by atoms with E-state index >= 15 is 0 Å². The van der Waals surface area contributed by atoms with Gasteiger partial charge in [0.25, 0.3) is 0 Å². The number of nitrogens with zero attached hydrogens (tertiary/aromatic N) is 3. The summed E-state index contributed by atoms with van der Waals surface area (Å²) in [5, 5.41) is -0.110. The summed E-state index contributed by atoms with van der Waals surface area (Å²) >= 11 is 0. The van der Waals surface area contributed by atoms with Crippen LogP contribution >= 0.6 is 0 Å². The van der Waals surface area contributed by atoms with Crippen molar-refractivity contribution in [2.75, 3.05) is 32.8 Å². The number of sulfonamides is 1. The van der Waals surface area contributed by atoms with Crippen molar-refractivity contribution < 1.29 is 13.2 Å². The summed E-state index contributed by atoms with van der Waals surface area (Å²) in [4.78, 5) is 6.52. The first-order valence-corrected chi connectivity index (χ1v) is 9.88. The molecule has 1 saturated heterocycles. The van der Waals surface area contributed by atoms with E-state index in [1.54, 1.807) is 10.5 Å². The van der Waals surface area contributed by atoms with Crippen LogP contribution in [0.2, 0.25) is 0 Å². The Morgan fingerprint density at radius 1 is 1.22 bits per heavy atom. The molecule has 0 aromatic carbocycles. The molecule has 1 aromatic heterocycles. The molecule has 2 fully saturated rings. The molecule has 1 saturated carbocycles. The van der Waals surface area contributed by atoms with Gasteiger partial charge in [-0.2, -0.15) is 0 Å². The quantitative estimate of drug-likeness (QED) is 0.785. The van der Waals surface area contributed by atoms with Crippen molar-refractivity contribution in [3.63, 3.8) is 0 Å². The molecule has 6 nitrogen and oxygen atoms in total. The molecule has 0 amide bonds. The Morgan fingerprint density at radius 2 is 2.04 bits per heavy atom. The van der Waals surface area contributed by atoms with Gasteiger partial charge in [-0.3, -0.25) is 9.88 Å². The highest BCUT2D eigenvalue weighted by atomic mass is 32.2. The zero-order valence-corrected chi connectivity index (χ0v) is 14.5. The van der Waals surface area contributed by atoms with Crippen molar-refractivity contribution in [2.24, 2.45) is 0 Å². The van der Waals surface area contributed by atoms with Crippen LogP contribution in [0.1, 0.15) is 31.7 Å². The van der Waals surface area contributed by atoms with Gasteiger partial charge in [0.1, 0.15) is 5.75 Å². The molecule has 3 rings (SSSR count). The van der Waals surface area contributed by atoms with Crippen LogP contribution in [0.15, 0.2) is 18.5 Å². The largest absolute Gasteiger partial charge is 0.492 e. The van der Waals surface area contributed by atoms with Crippen LogP contribution in [0.5, 0.6) is 5.75 Å². The second-order valence-corrected chi connectivity index (χ2v) is 8.45. The van der Waals surface area contributed by atoms with Gasteiger partial charge in [-0.25, -0.2) is 12.7 Å². The minimum absolute atomic E-state index is 0.110. The fraction of sp³-hybridized carbons (Fsp3) is 0.688. The normalized spacial score (nSPS) is 21.1. The number of hydrogen-bond acceptors (Lipinski definition) is 5. The summed E-state index contributed by atoms with van der Waals surface area (Å²) in [7, 11) is -3.05. The lowest BCUT2D eigenvalue weighted by Crippen LogP contribution is -2.37. The summed E-state index contributed by atoms with van der Waals surface area (Å²) < 4.78 is 31.9.